The van der Waals surface area contributed by atoms with Gasteiger partial charge in [-0.3, -0.25) is 9.63 Å². The van der Waals surface area contributed by atoms with Gasteiger partial charge in [0.2, 0.25) is 0 Å². The molecule has 0 atom stereocenters. The van der Waals surface area contributed by atoms with Crippen LogP contribution in [0, 0.1) is 5.82 Å². The summed E-state index contributed by atoms with van der Waals surface area (Å²) in [4.78, 5) is 17.1. The van der Waals surface area contributed by atoms with Gasteiger partial charge in [-0.25, -0.2) is 9.45 Å². The summed E-state index contributed by atoms with van der Waals surface area (Å²) in [5.41, 5.74) is 0. The predicted molar refractivity (Wildman–Crippen MR) is 60.9 cm³/mol. The van der Waals surface area contributed by atoms with Crippen molar-refractivity contribution in [2.24, 2.45) is 0 Å². The molecule has 0 saturated heterocycles. The Kier molecular flexibility index (Phi) is 2.89. The fourth-order valence-corrected chi connectivity index (χ4v) is 2.37. The molecule has 0 unspecified atom stereocenters. The zero-order valence-electron chi connectivity index (χ0n) is 8.86. The van der Waals surface area contributed by atoms with E-state index in [0.717, 1.165) is 15.1 Å². The van der Waals surface area contributed by atoms with Crippen LogP contribution in [-0.2, 0) is 4.84 Å². The summed E-state index contributed by atoms with van der Waals surface area (Å²) >= 11 is 1.32. The van der Waals surface area contributed by atoms with E-state index in [1.54, 1.807) is 12.1 Å². The van der Waals surface area contributed by atoms with Crippen LogP contribution in [0.15, 0.2) is 24.3 Å². The third-order valence-electron chi connectivity index (χ3n) is 2.25. The molecule has 5 heteroatoms. The van der Waals surface area contributed by atoms with Crippen LogP contribution in [0.3, 0.4) is 0 Å². The quantitative estimate of drug-likeness (QED) is 0.754. The van der Waals surface area contributed by atoms with Gasteiger partial charge < -0.3 is 0 Å². The Morgan fingerprint density at radius 3 is 2.88 bits per heavy atom. The van der Waals surface area contributed by atoms with Gasteiger partial charge in [0.15, 0.2) is 0 Å². The smallest absolute Gasteiger partial charge is 0.274 e. The highest BCUT2D eigenvalue weighted by Gasteiger charge is 2.14. The summed E-state index contributed by atoms with van der Waals surface area (Å²) in [7, 11) is 2.96. The fourth-order valence-electron chi connectivity index (χ4n) is 1.36. The number of halogens is 1. The van der Waals surface area contributed by atoms with Crippen LogP contribution in [0.1, 0.15) is 9.67 Å². The minimum Gasteiger partial charge on any atom is -0.274 e. The third-order valence-corrected chi connectivity index (χ3v) is 3.35. The van der Waals surface area contributed by atoms with Gasteiger partial charge in [-0.05, 0) is 29.7 Å². The molecule has 0 bridgehead atoms. The summed E-state index contributed by atoms with van der Waals surface area (Å²) in [6.07, 6.45) is 0. The molecule has 1 aromatic carbocycles. The van der Waals surface area contributed by atoms with Gasteiger partial charge in [-0.1, -0.05) is 0 Å². The molecule has 2 rings (SSSR count). The van der Waals surface area contributed by atoms with Gasteiger partial charge >= 0.3 is 0 Å². The van der Waals surface area contributed by atoms with Crippen LogP contribution in [0.2, 0.25) is 0 Å². The second-order valence-electron chi connectivity index (χ2n) is 3.28. The van der Waals surface area contributed by atoms with Gasteiger partial charge in [0.05, 0.1) is 12.0 Å². The normalized spacial score (nSPS) is 10.7. The SMILES string of the molecule is CON(C)C(=O)c1cc2cc(F)ccc2s1. The van der Waals surface area contributed by atoms with E-state index in [0.29, 0.717) is 4.88 Å². The first kappa shape index (κ1) is 11.0. The first-order chi connectivity index (χ1) is 7.61. The van der Waals surface area contributed by atoms with Crippen LogP contribution in [-0.4, -0.2) is 25.1 Å². The van der Waals surface area contributed by atoms with E-state index in [-0.39, 0.29) is 11.7 Å². The number of thiophene rings is 1. The molecule has 1 heterocycles. The number of amides is 1. The van der Waals surface area contributed by atoms with Crippen LogP contribution in [0.25, 0.3) is 10.1 Å². The Balaban J connectivity index is 2.43. The molecule has 0 aliphatic rings. The summed E-state index contributed by atoms with van der Waals surface area (Å²) < 4.78 is 13.8. The molecule has 0 saturated carbocycles. The van der Waals surface area contributed by atoms with Gasteiger partial charge in [-0.2, -0.15) is 0 Å². The zero-order chi connectivity index (χ0) is 11.7. The average molecular weight is 239 g/mol. The third kappa shape index (κ3) is 1.91. The van der Waals surface area contributed by atoms with Crippen molar-refractivity contribution >= 4 is 27.3 Å². The van der Waals surface area contributed by atoms with Gasteiger partial charge in [0.1, 0.15) is 5.82 Å². The Morgan fingerprint density at radius 2 is 2.19 bits per heavy atom. The maximum Gasteiger partial charge on any atom is 0.287 e. The molecule has 0 aliphatic carbocycles. The molecular weight excluding hydrogens is 229 g/mol. The first-order valence-corrected chi connectivity index (χ1v) is 5.44. The minimum atomic E-state index is -0.301. The van der Waals surface area contributed by atoms with Gasteiger partial charge in [0.25, 0.3) is 5.91 Å². The van der Waals surface area contributed by atoms with Gasteiger partial charge in [0, 0.05) is 11.7 Å². The maximum absolute atomic E-state index is 13.0. The highest BCUT2D eigenvalue weighted by Crippen LogP contribution is 2.26. The average Bonchev–Trinajstić information content (AvgIpc) is 2.69. The Bertz CT molecular complexity index is 538. The van der Waals surface area contributed by atoms with Crippen molar-refractivity contribution in [1.29, 1.82) is 0 Å². The topological polar surface area (TPSA) is 29.5 Å². The maximum atomic E-state index is 13.0. The molecule has 1 aromatic heterocycles. The number of carbonyl (C=O) groups excluding carboxylic acids is 1. The van der Waals surface area contributed by atoms with E-state index < -0.39 is 0 Å². The lowest BCUT2D eigenvalue weighted by Gasteiger charge is -2.11. The molecule has 1 amide bonds. The van der Waals surface area contributed by atoms with E-state index in [1.807, 2.05) is 0 Å². The van der Waals surface area contributed by atoms with Crippen LogP contribution in [0.5, 0.6) is 0 Å². The lowest BCUT2D eigenvalue weighted by atomic mass is 10.2. The Labute approximate surface area is 96.0 Å². The minimum absolute atomic E-state index is 0.232. The molecule has 84 valence electrons. The molecule has 0 fully saturated rings. The standard InChI is InChI=1S/C11H10FNO2S/c1-13(15-2)11(14)10-6-7-5-8(12)3-4-9(7)16-10/h3-6H,1-2H3. The van der Waals surface area contributed by atoms with Crippen molar-refractivity contribution in [2.45, 2.75) is 0 Å². The largest absolute Gasteiger partial charge is 0.287 e. The van der Waals surface area contributed by atoms with Crippen LogP contribution < -0.4 is 0 Å². The number of rotatable bonds is 2. The monoisotopic (exact) mass is 239 g/mol. The molecular formula is C11H10FNO2S. The number of fused-ring (bicyclic) bond motifs is 1. The van der Waals surface area contributed by atoms with Crippen molar-refractivity contribution in [2.75, 3.05) is 14.2 Å². The number of benzene rings is 1. The zero-order valence-corrected chi connectivity index (χ0v) is 9.68. The molecule has 0 spiro atoms. The fraction of sp³-hybridized carbons (Fsp3) is 0.182. The molecule has 0 aliphatic heterocycles. The van der Waals surface area contributed by atoms with Crippen molar-refractivity contribution in [3.05, 3.63) is 35.0 Å². The number of hydrogen-bond donors (Lipinski definition) is 0. The number of hydrogen-bond acceptors (Lipinski definition) is 3. The van der Waals surface area contributed by atoms with Crippen molar-refractivity contribution in [3.8, 4) is 0 Å². The summed E-state index contributed by atoms with van der Waals surface area (Å²) in [6, 6.07) is 6.13. The number of carbonyl (C=O) groups is 1. The number of hydroxylamine groups is 2. The van der Waals surface area contributed by atoms with E-state index in [2.05, 4.69) is 0 Å². The highest BCUT2D eigenvalue weighted by molar-refractivity contribution is 7.20. The molecule has 16 heavy (non-hydrogen) atoms. The first-order valence-electron chi connectivity index (χ1n) is 4.63. The summed E-state index contributed by atoms with van der Waals surface area (Å²) in [5.74, 6) is -0.534. The second kappa shape index (κ2) is 4.19. The van der Waals surface area contributed by atoms with E-state index in [1.165, 1.54) is 37.6 Å². The highest BCUT2D eigenvalue weighted by atomic mass is 32.1. The van der Waals surface area contributed by atoms with E-state index in [9.17, 15) is 9.18 Å². The van der Waals surface area contributed by atoms with Crippen molar-refractivity contribution < 1.29 is 14.0 Å². The molecule has 2 aromatic rings. The van der Waals surface area contributed by atoms with E-state index >= 15 is 0 Å². The van der Waals surface area contributed by atoms with Crippen molar-refractivity contribution in [3.63, 3.8) is 0 Å². The number of nitrogens with zero attached hydrogens (tertiary/aromatic N) is 1. The summed E-state index contributed by atoms with van der Waals surface area (Å²) in [6.45, 7) is 0. The lowest BCUT2D eigenvalue weighted by molar-refractivity contribution is -0.0753. The predicted octanol–water partition coefficient (Wildman–Crippen LogP) is 2.67. The van der Waals surface area contributed by atoms with E-state index in [4.69, 9.17) is 4.84 Å². The Hall–Kier alpha value is -1.46. The molecule has 3 nitrogen and oxygen atoms in total. The van der Waals surface area contributed by atoms with Crippen LogP contribution >= 0.6 is 11.3 Å². The van der Waals surface area contributed by atoms with Gasteiger partial charge in [-0.15, -0.1) is 11.3 Å². The van der Waals surface area contributed by atoms with Crippen molar-refractivity contribution in [1.82, 2.24) is 5.06 Å². The molecule has 0 radical (unpaired) electrons. The second-order valence-corrected chi connectivity index (χ2v) is 4.36. The lowest BCUT2D eigenvalue weighted by Crippen LogP contribution is -2.24. The Morgan fingerprint density at radius 1 is 1.44 bits per heavy atom. The summed E-state index contributed by atoms with van der Waals surface area (Å²) in [5, 5.41) is 1.87. The van der Waals surface area contributed by atoms with Crippen LogP contribution in [0.4, 0.5) is 4.39 Å². The molecule has 0 N–H and O–H groups in total.